The molecule has 0 bridgehead atoms. The average molecular weight is 377 g/mol. The Morgan fingerprint density at radius 2 is 2.04 bits per heavy atom. The van der Waals surface area contributed by atoms with Gasteiger partial charge in [0, 0.05) is 17.5 Å². The minimum atomic E-state index is -3.77. The predicted octanol–water partition coefficient (Wildman–Crippen LogP) is 3.02. The van der Waals surface area contributed by atoms with E-state index in [1.807, 2.05) is 25.1 Å². The number of carbonyl (C=O) groups is 1. The van der Waals surface area contributed by atoms with Gasteiger partial charge in [0.15, 0.2) is 5.82 Å². The highest BCUT2D eigenvalue weighted by atomic mass is 32.2. The van der Waals surface area contributed by atoms with Crippen LogP contribution < -0.4 is 5.32 Å². The largest absolute Gasteiger partial charge is 0.360 e. The second-order valence-electron chi connectivity index (χ2n) is 5.93. The molecule has 26 heavy (non-hydrogen) atoms. The Morgan fingerprint density at radius 3 is 2.62 bits per heavy atom. The maximum absolute atomic E-state index is 12.7. The van der Waals surface area contributed by atoms with Crippen LogP contribution in [-0.4, -0.2) is 36.4 Å². The number of benzene rings is 1. The predicted molar refractivity (Wildman–Crippen MR) is 101 cm³/mol. The fourth-order valence-corrected chi connectivity index (χ4v) is 3.69. The number of rotatable bonds is 8. The number of aryl methyl sites for hydroxylation is 1. The maximum atomic E-state index is 12.7. The minimum Gasteiger partial charge on any atom is -0.360 e. The van der Waals surface area contributed by atoms with Crippen LogP contribution >= 0.6 is 0 Å². The van der Waals surface area contributed by atoms with Crippen LogP contribution in [0.25, 0.3) is 6.08 Å². The Morgan fingerprint density at radius 1 is 1.35 bits per heavy atom. The van der Waals surface area contributed by atoms with E-state index < -0.39 is 15.9 Å². The molecule has 0 aliphatic heterocycles. The molecule has 140 valence electrons. The first kappa shape index (κ1) is 19.9. The summed E-state index contributed by atoms with van der Waals surface area (Å²) in [5.41, 5.74) is 0.766. The normalized spacial score (nSPS) is 13.2. The van der Waals surface area contributed by atoms with Crippen molar-refractivity contribution in [2.45, 2.75) is 33.2 Å². The molecule has 1 amide bonds. The van der Waals surface area contributed by atoms with Gasteiger partial charge in [-0.25, -0.2) is 8.42 Å². The highest BCUT2D eigenvalue weighted by Crippen LogP contribution is 2.15. The highest BCUT2D eigenvalue weighted by Gasteiger charge is 2.27. The van der Waals surface area contributed by atoms with E-state index in [-0.39, 0.29) is 18.4 Å². The van der Waals surface area contributed by atoms with Gasteiger partial charge in [-0.1, -0.05) is 42.4 Å². The minimum absolute atomic E-state index is 0.258. The summed E-state index contributed by atoms with van der Waals surface area (Å²) in [7, 11) is -3.77. The van der Waals surface area contributed by atoms with Gasteiger partial charge in [0.2, 0.25) is 15.9 Å². The molecule has 8 heteroatoms. The van der Waals surface area contributed by atoms with Gasteiger partial charge < -0.3 is 9.84 Å². The molecular formula is C18H23N3O4S. The van der Waals surface area contributed by atoms with Gasteiger partial charge in [0.05, 0.1) is 6.54 Å². The van der Waals surface area contributed by atoms with Crippen LogP contribution in [0.4, 0.5) is 5.82 Å². The number of aromatic nitrogens is 1. The second-order valence-corrected chi connectivity index (χ2v) is 7.70. The summed E-state index contributed by atoms with van der Waals surface area (Å²) < 4.78 is 31.5. The molecule has 1 unspecified atom stereocenters. The summed E-state index contributed by atoms with van der Waals surface area (Å²) in [5.74, 6) is 0.335. The topological polar surface area (TPSA) is 92.5 Å². The molecule has 2 rings (SSSR count). The molecule has 1 aromatic carbocycles. The van der Waals surface area contributed by atoms with Crippen molar-refractivity contribution < 1.29 is 17.7 Å². The molecule has 0 aliphatic carbocycles. The van der Waals surface area contributed by atoms with E-state index in [0.29, 0.717) is 12.2 Å². The third-order valence-electron chi connectivity index (χ3n) is 3.84. The summed E-state index contributed by atoms with van der Waals surface area (Å²) in [4.78, 5) is 12.3. The van der Waals surface area contributed by atoms with Crippen molar-refractivity contribution in [1.29, 1.82) is 0 Å². The van der Waals surface area contributed by atoms with Crippen LogP contribution in [0.15, 0.2) is 46.3 Å². The standard InChI is InChI=1S/C18H23N3O4S/c1-4-14(2)21(13-18(22)19-17-12-15(3)25-20-17)26(23,24)11-10-16-8-6-5-7-9-16/h5-12,14H,4,13H2,1-3H3,(H,19,20,22). The van der Waals surface area contributed by atoms with Crippen LogP contribution in [0.5, 0.6) is 0 Å². The molecule has 0 fully saturated rings. The summed E-state index contributed by atoms with van der Waals surface area (Å²) in [6.07, 6.45) is 2.10. The first-order valence-electron chi connectivity index (χ1n) is 8.30. The molecule has 1 heterocycles. The number of nitrogens with zero attached hydrogens (tertiary/aromatic N) is 2. The van der Waals surface area contributed by atoms with Crippen molar-refractivity contribution in [2.75, 3.05) is 11.9 Å². The van der Waals surface area contributed by atoms with Crippen molar-refractivity contribution in [3.8, 4) is 0 Å². The molecule has 1 atom stereocenters. The first-order valence-corrected chi connectivity index (χ1v) is 9.80. The Labute approximate surface area is 153 Å². The van der Waals surface area contributed by atoms with Gasteiger partial charge >= 0.3 is 0 Å². The SMILES string of the molecule is CCC(C)N(CC(=O)Nc1cc(C)on1)S(=O)(=O)C=Cc1ccccc1. The average Bonchev–Trinajstić information content (AvgIpc) is 3.03. The van der Waals surface area contributed by atoms with Gasteiger partial charge in [0.25, 0.3) is 0 Å². The number of carbonyl (C=O) groups excluding carboxylic acids is 1. The van der Waals surface area contributed by atoms with Gasteiger partial charge in [0.1, 0.15) is 5.76 Å². The van der Waals surface area contributed by atoms with Crippen LogP contribution in [0.1, 0.15) is 31.6 Å². The van der Waals surface area contributed by atoms with Crippen LogP contribution in [0.3, 0.4) is 0 Å². The lowest BCUT2D eigenvalue weighted by atomic mass is 10.2. The van der Waals surface area contributed by atoms with E-state index in [1.165, 1.54) is 10.4 Å². The molecule has 0 saturated carbocycles. The summed E-state index contributed by atoms with van der Waals surface area (Å²) in [6, 6.07) is 10.4. The number of amides is 1. The van der Waals surface area contributed by atoms with Gasteiger partial charge in [-0.15, -0.1) is 0 Å². The van der Waals surface area contributed by atoms with Crippen LogP contribution in [0, 0.1) is 6.92 Å². The molecule has 2 aromatic rings. The maximum Gasteiger partial charge on any atom is 0.240 e. The van der Waals surface area contributed by atoms with E-state index in [1.54, 1.807) is 32.0 Å². The van der Waals surface area contributed by atoms with E-state index in [4.69, 9.17) is 4.52 Å². The number of nitrogens with one attached hydrogen (secondary N) is 1. The Balaban J connectivity index is 2.14. The lowest BCUT2D eigenvalue weighted by Crippen LogP contribution is -2.42. The molecule has 7 nitrogen and oxygen atoms in total. The van der Waals surface area contributed by atoms with Gasteiger partial charge in [-0.3, -0.25) is 4.79 Å². The molecule has 0 spiro atoms. The lowest BCUT2D eigenvalue weighted by Gasteiger charge is -2.25. The van der Waals surface area contributed by atoms with Crippen molar-refractivity contribution in [1.82, 2.24) is 9.46 Å². The van der Waals surface area contributed by atoms with Crippen molar-refractivity contribution in [3.63, 3.8) is 0 Å². The van der Waals surface area contributed by atoms with Crippen LogP contribution in [-0.2, 0) is 14.8 Å². The van der Waals surface area contributed by atoms with Crippen molar-refractivity contribution >= 4 is 27.8 Å². The van der Waals surface area contributed by atoms with Gasteiger partial charge in [-0.2, -0.15) is 4.31 Å². The van der Waals surface area contributed by atoms with E-state index in [9.17, 15) is 13.2 Å². The number of anilines is 1. The van der Waals surface area contributed by atoms with E-state index in [2.05, 4.69) is 10.5 Å². The summed E-state index contributed by atoms with van der Waals surface area (Å²) in [6.45, 7) is 5.03. The summed E-state index contributed by atoms with van der Waals surface area (Å²) in [5, 5.41) is 7.35. The Kier molecular flexibility index (Phi) is 6.70. The molecule has 1 aromatic heterocycles. The highest BCUT2D eigenvalue weighted by molar-refractivity contribution is 7.92. The first-order chi connectivity index (χ1) is 12.3. The van der Waals surface area contributed by atoms with Gasteiger partial charge in [-0.05, 0) is 31.9 Å². The molecular weight excluding hydrogens is 354 g/mol. The Hall–Kier alpha value is -2.45. The summed E-state index contributed by atoms with van der Waals surface area (Å²) >= 11 is 0. The van der Waals surface area contributed by atoms with E-state index >= 15 is 0 Å². The molecule has 1 N–H and O–H groups in total. The number of hydrogen-bond donors (Lipinski definition) is 1. The number of hydrogen-bond acceptors (Lipinski definition) is 5. The zero-order valence-electron chi connectivity index (χ0n) is 15.0. The van der Waals surface area contributed by atoms with Crippen molar-refractivity contribution in [2.24, 2.45) is 0 Å². The fraction of sp³-hybridized carbons (Fsp3) is 0.333. The smallest absolute Gasteiger partial charge is 0.240 e. The van der Waals surface area contributed by atoms with Crippen LogP contribution in [0.2, 0.25) is 0 Å². The lowest BCUT2D eigenvalue weighted by molar-refractivity contribution is -0.116. The zero-order chi connectivity index (χ0) is 19.2. The van der Waals surface area contributed by atoms with E-state index in [0.717, 1.165) is 11.0 Å². The monoisotopic (exact) mass is 377 g/mol. The Bertz CT molecular complexity index is 860. The van der Waals surface area contributed by atoms with Crippen molar-refractivity contribution in [3.05, 3.63) is 53.1 Å². The quantitative estimate of drug-likeness (QED) is 0.763. The zero-order valence-corrected chi connectivity index (χ0v) is 15.9. The second kappa shape index (κ2) is 8.77. The fourth-order valence-electron chi connectivity index (χ4n) is 2.26. The third kappa shape index (κ3) is 5.53. The third-order valence-corrected chi connectivity index (χ3v) is 5.46. The number of sulfonamides is 1. The molecule has 0 radical (unpaired) electrons. The molecule has 0 aliphatic rings. The molecule has 0 saturated heterocycles.